The smallest absolute Gasteiger partial charge is 0.0602 e. The first-order valence-corrected chi connectivity index (χ1v) is 6.93. The molecule has 0 radical (unpaired) electrons. The van der Waals surface area contributed by atoms with Crippen molar-refractivity contribution in [1.29, 1.82) is 0 Å². The van der Waals surface area contributed by atoms with E-state index in [-0.39, 0.29) is 11.7 Å². The van der Waals surface area contributed by atoms with E-state index in [2.05, 4.69) is 52.0 Å². The molecule has 0 amide bonds. The van der Waals surface area contributed by atoms with Crippen molar-refractivity contribution in [2.24, 2.45) is 11.5 Å². The van der Waals surface area contributed by atoms with Gasteiger partial charge in [0.15, 0.2) is 0 Å². The van der Waals surface area contributed by atoms with E-state index in [0.717, 1.165) is 17.6 Å². The first kappa shape index (κ1) is 16.3. The van der Waals surface area contributed by atoms with Gasteiger partial charge in [0.25, 0.3) is 0 Å². The van der Waals surface area contributed by atoms with Crippen LogP contribution < -0.4 is 11.5 Å². The van der Waals surface area contributed by atoms with Crippen LogP contribution >= 0.6 is 0 Å². The highest BCUT2D eigenvalue weighted by atomic mass is 16.5. The number of allylic oxidation sites excluding steroid dienone is 2. The SMILES string of the molecule is CC(Cc1ccc(C(/C=C\N)=C/N)cc1)OC(C)(C)C. The van der Waals surface area contributed by atoms with Gasteiger partial charge in [-0.05, 0) is 63.1 Å². The quantitative estimate of drug-likeness (QED) is 0.810. The Morgan fingerprint density at radius 2 is 1.80 bits per heavy atom. The molecule has 1 rings (SSSR count). The zero-order valence-electron chi connectivity index (χ0n) is 12.9. The Labute approximate surface area is 122 Å². The van der Waals surface area contributed by atoms with Crippen LogP contribution in [-0.4, -0.2) is 11.7 Å². The van der Waals surface area contributed by atoms with E-state index < -0.39 is 0 Å². The summed E-state index contributed by atoms with van der Waals surface area (Å²) in [6, 6.07) is 8.31. The lowest BCUT2D eigenvalue weighted by molar-refractivity contribution is -0.0504. The van der Waals surface area contributed by atoms with Crippen LogP contribution in [0.3, 0.4) is 0 Å². The minimum Gasteiger partial charge on any atom is -0.405 e. The summed E-state index contributed by atoms with van der Waals surface area (Å²) in [4.78, 5) is 0. The number of ether oxygens (including phenoxy) is 1. The van der Waals surface area contributed by atoms with Crippen molar-refractivity contribution >= 4 is 5.57 Å². The lowest BCUT2D eigenvalue weighted by atomic mass is 10.0. The summed E-state index contributed by atoms with van der Waals surface area (Å²) in [7, 11) is 0. The van der Waals surface area contributed by atoms with E-state index in [1.807, 2.05) is 0 Å². The molecule has 0 bridgehead atoms. The summed E-state index contributed by atoms with van der Waals surface area (Å²) >= 11 is 0. The molecule has 0 spiro atoms. The fourth-order valence-electron chi connectivity index (χ4n) is 2.16. The average molecular weight is 274 g/mol. The third-order valence-corrected chi connectivity index (χ3v) is 2.82. The topological polar surface area (TPSA) is 61.3 Å². The first-order valence-electron chi connectivity index (χ1n) is 6.93. The summed E-state index contributed by atoms with van der Waals surface area (Å²) in [5, 5.41) is 0. The molecule has 1 aromatic carbocycles. The molecule has 3 nitrogen and oxygen atoms in total. The summed E-state index contributed by atoms with van der Waals surface area (Å²) in [5.74, 6) is 0. The first-order chi connectivity index (χ1) is 9.35. The number of hydrogen-bond donors (Lipinski definition) is 2. The normalized spacial score (nSPS) is 14.7. The summed E-state index contributed by atoms with van der Waals surface area (Å²) in [5.41, 5.74) is 14.1. The molecule has 1 atom stereocenters. The summed E-state index contributed by atoms with van der Waals surface area (Å²) < 4.78 is 5.92. The van der Waals surface area contributed by atoms with E-state index in [4.69, 9.17) is 16.2 Å². The van der Waals surface area contributed by atoms with E-state index >= 15 is 0 Å². The third-order valence-electron chi connectivity index (χ3n) is 2.82. The molecule has 0 aliphatic carbocycles. The van der Waals surface area contributed by atoms with Gasteiger partial charge in [-0.2, -0.15) is 0 Å². The highest BCUT2D eigenvalue weighted by Crippen LogP contribution is 2.18. The Hall–Kier alpha value is -1.74. The standard InChI is InChI=1S/C17H26N2O/c1-13(20-17(2,3)4)11-14-5-7-15(8-6-14)16(12-19)9-10-18/h5-10,12-13H,11,18-19H2,1-4H3/b10-9-,16-12+. The second kappa shape index (κ2) is 7.15. The average Bonchev–Trinajstić information content (AvgIpc) is 2.34. The van der Waals surface area contributed by atoms with Crippen molar-refractivity contribution in [2.75, 3.05) is 0 Å². The van der Waals surface area contributed by atoms with Crippen LogP contribution in [0.25, 0.3) is 5.57 Å². The number of rotatable bonds is 5. The van der Waals surface area contributed by atoms with Crippen molar-refractivity contribution in [3.8, 4) is 0 Å². The van der Waals surface area contributed by atoms with Gasteiger partial charge in [0.2, 0.25) is 0 Å². The molecule has 0 saturated carbocycles. The molecule has 0 aliphatic heterocycles. The van der Waals surface area contributed by atoms with Gasteiger partial charge in [-0.25, -0.2) is 0 Å². The van der Waals surface area contributed by atoms with Gasteiger partial charge in [0.1, 0.15) is 0 Å². The predicted molar refractivity (Wildman–Crippen MR) is 85.9 cm³/mol. The van der Waals surface area contributed by atoms with Gasteiger partial charge in [-0.3, -0.25) is 0 Å². The highest BCUT2D eigenvalue weighted by Gasteiger charge is 2.15. The van der Waals surface area contributed by atoms with Crippen molar-refractivity contribution in [3.05, 3.63) is 53.9 Å². The molecule has 0 fully saturated rings. The fraction of sp³-hybridized carbons (Fsp3) is 0.412. The van der Waals surface area contributed by atoms with Crippen molar-refractivity contribution in [3.63, 3.8) is 0 Å². The summed E-state index contributed by atoms with van der Waals surface area (Å²) in [6.45, 7) is 8.32. The predicted octanol–water partition coefficient (Wildman–Crippen LogP) is 3.20. The van der Waals surface area contributed by atoms with Crippen LogP contribution in [0.5, 0.6) is 0 Å². The maximum atomic E-state index is 5.92. The molecule has 0 aliphatic rings. The Morgan fingerprint density at radius 1 is 1.20 bits per heavy atom. The highest BCUT2D eigenvalue weighted by molar-refractivity contribution is 5.73. The molecule has 0 heterocycles. The largest absolute Gasteiger partial charge is 0.405 e. The van der Waals surface area contributed by atoms with Gasteiger partial charge in [0.05, 0.1) is 11.7 Å². The zero-order valence-corrected chi connectivity index (χ0v) is 12.9. The van der Waals surface area contributed by atoms with Gasteiger partial charge in [-0.15, -0.1) is 0 Å². The van der Waals surface area contributed by atoms with Crippen LogP contribution in [0.15, 0.2) is 42.7 Å². The summed E-state index contributed by atoms with van der Waals surface area (Å²) in [6.07, 6.45) is 5.93. The van der Waals surface area contributed by atoms with Gasteiger partial charge in [-0.1, -0.05) is 24.3 Å². The van der Waals surface area contributed by atoms with Gasteiger partial charge >= 0.3 is 0 Å². The van der Waals surface area contributed by atoms with E-state index in [0.29, 0.717) is 0 Å². The number of hydrogen-bond acceptors (Lipinski definition) is 3. The molecular weight excluding hydrogens is 248 g/mol. The lowest BCUT2D eigenvalue weighted by Gasteiger charge is -2.25. The third kappa shape index (κ3) is 5.49. The van der Waals surface area contributed by atoms with Gasteiger partial charge < -0.3 is 16.2 Å². The monoisotopic (exact) mass is 274 g/mol. The molecule has 4 N–H and O–H groups in total. The molecule has 20 heavy (non-hydrogen) atoms. The Kier molecular flexibility index (Phi) is 5.83. The minimum absolute atomic E-state index is 0.110. The second-order valence-electron chi connectivity index (χ2n) is 5.92. The number of nitrogens with two attached hydrogens (primary N) is 2. The zero-order chi connectivity index (χ0) is 15.2. The minimum atomic E-state index is -0.110. The van der Waals surface area contributed by atoms with Crippen LogP contribution in [0.4, 0.5) is 0 Å². The van der Waals surface area contributed by atoms with E-state index in [1.165, 1.54) is 11.8 Å². The molecule has 0 aromatic heterocycles. The molecule has 1 unspecified atom stereocenters. The molecule has 1 aromatic rings. The van der Waals surface area contributed by atoms with Crippen molar-refractivity contribution in [1.82, 2.24) is 0 Å². The maximum absolute atomic E-state index is 5.92. The Balaban J connectivity index is 2.72. The molecule has 3 heteroatoms. The van der Waals surface area contributed by atoms with E-state index in [1.54, 1.807) is 12.3 Å². The van der Waals surface area contributed by atoms with Crippen molar-refractivity contribution in [2.45, 2.75) is 45.8 Å². The lowest BCUT2D eigenvalue weighted by Crippen LogP contribution is -2.26. The van der Waals surface area contributed by atoms with E-state index in [9.17, 15) is 0 Å². The Bertz CT molecular complexity index is 467. The molecule has 0 saturated heterocycles. The Morgan fingerprint density at radius 3 is 2.25 bits per heavy atom. The van der Waals surface area contributed by atoms with Gasteiger partial charge in [0, 0.05) is 6.20 Å². The van der Waals surface area contributed by atoms with Crippen LogP contribution in [-0.2, 0) is 11.2 Å². The number of benzene rings is 1. The van der Waals surface area contributed by atoms with Crippen LogP contribution in [0, 0.1) is 0 Å². The van der Waals surface area contributed by atoms with Crippen LogP contribution in [0.2, 0.25) is 0 Å². The molecular formula is C17H26N2O. The maximum Gasteiger partial charge on any atom is 0.0602 e. The second-order valence-corrected chi connectivity index (χ2v) is 5.92. The van der Waals surface area contributed by atoms with Crippen LogP contribution in [0.1, 0.15) is 38.8 Å². The fourth-order valence-corrected chi connectivity index (χ4v) is 2.16. The molecule has 110 valence electrons. The van der Waals surface area contributed by atoms with Crippen molar-refractivity contribution < 1.29 is 4.74 Å².